The molecule has 1 aromatic heterocycles. The summed E-state index contributed by atoms with van der Waals surface area (Å²) < 4.78 is 2.02. The fourth-order valence-electron chi connectivity index (χ4n) is 4.32. The Hall–Kier alpha value is -3.12. The normalized spacial score (nSPS) is 14.6. The molecular formula is C25H31N5O. The highest BCUT2D eigenvalue weighted by Gasteiger charge is 2.24. The maximum atomic E-state index is 12.6. The number of nitrogens with one attached hydrogen (secondary N) is 1. The van der Waals surface area contributed by atoms with Gasteiger partial charge in [-0.25, -0.2) is 4.68 Å². The topological polar surface area (TPSA) is 53.4 Å². The number of aryl methyl sites for hydroxylation is 2. The highest BCUT2D eigenvalue weighted by Crippen LogP contribution is 2.27. The van der Waals surface area contributed by atoms with Crippen molar-refractivity contribution in [3.05, 3.63) is 71.0 Å². The van der Waals surface area contributed by atoms with Crippen LogP contribution in [-0.2, 0) is 4.79 Å². The van der Waals surface area contributed by atoms with Crippen molar-refractivity contribution in [1.29, 1.82) is 0 Å². The number of benzene rings is 2. The Balaban J connectivity index is 1.37. The van der Waals surface area contributed by atoms with Crippen molar-refractivity contribution in [2.24, 2.45) is 0 Å². The van der Waals surface area contributed by atoms with Gasteiger partial charge in [-0.2, -0.15) is 5.10 Å². The van der Waals surface area contributed by atoms with Crippen LogP contribution in [0.5, 0.6) is 0 Å². The summed E-state index contributed by atoms with van der Waals surface area (Å²) in [6.07, 6.45) is 0. The summed E-state index contributed by atoms with van der Waals surface area (Å²) in [5.41, 5.74) is 7.71. The van der Waals surface area contributed by atoms with E-state index in [-0.39, 0.29) is 5.91 Å². The van der Waals surface area contributed by atoms with Crippen molar-refractivity contribution in [1.82, 2.24) is 14.7 Å². The standard InChI is InChI=1S/C25H31N5O/c1-18-9-8-12-23(19(18)2)26-24(31)17-28-13-15-29(16-14-28)25-20(3)27-30(21(25)4)22-10-6-5-7-11-22/h5-12H,13-17H2,1-4H3,(H,26,31). The first-order chi connectivity index (χ1) is 14.9. The van der Waals surface area contributed by atoms with Gasteiger partial charge in [-0.05, 0) is 57.0 Å². The molecule has 1 N–H and O–H groups in total. The van der Waals surface area contributed by atoms with Crippen LogP contribution >= 0.6 is 0 Å². The maximum Gasteiger partial charge on any atom is 0.238 e. The minimum Gasteiger partial charge on any atom is -0.366 e. The molecule has 0 radical (unpaired) electrons. The van der Waals surface area contributed by atoms with Crippen molar-refractivity contribution in [3.63, 3.8) is 0 Å². The van der Waals surface area contributed by atoms with Crippen LogP contribution in [0.25, 0.3) is 5.69 Å². The highest BCUT2D eigenvalue weighted by atomic mass is 16.2. The zero-order chi connectivity index (χ0) is 22.0. The van der Waals surface area contributed by atoms with Gasteiger partial charge < -0.3 is 10.2 Å². The van der Waals surface area contributed by atoms with Crippen LogP contribution in [0.1, 0.15) is 22.5 Å². The van der Waals surface area contributed by atoms with Crippen LogP contribution < -0.4 is 10.2 Å². The Kier molecular flexibility index (Phi) is 6.09. The van der Waals surface area contributed by atoms with E-state index < -0.39 is 0 Å². The second-order valence-electron chi connectivity index (χ2n) is 8.33. The SMILES string of the molecule is Cc1cccc(NC(=O)CN2CCN(c3c(C)nn(-c4ccccc4)c3C)CC2)c1C. The number of hydrogen-bond donors (Lipinski definition) is 1. The molecule has 2 heterocycles. The maximum absolute atomic E-state index is 12.6. The van der Waals surface area contributed by atoms with E-state index in [2.05, 4.69) is 54.1 Å². The summed E-state index contributed by atoms with van der Waals surface area (Å²) in [6, 6.07) is 16.3. The van der Waals surface area contributed by atoms with E-state index in [0.29, 0.717) is 6.54 Å². The van der Waals surface area contributed by atoms with E-state index in [9.17, 15) is 4.79 Å². The molecule has 6 nitrogen and oxygen atoms in total. The molecule has 1 aliphatic heterocycles. The average molecular weight is 418 g/mol. The number of hydrogen-bond acceptors (Lipinski definition) is 4. The van der Waals surface area contributed by atoms with Crippen molar-refractivity contribution in [3.8, 4) is 5.69 Å². The lowest BCUT2D eigenvalue weighted by molar-refractivity contribution is -0.117. The van der Waals surface area contributed by atoms with Crippen LogP contribution in [0.4, 0.5) is 11.4 Å². The second-order valence-corrected chi connectivity index (χ2v) is 8.33. The lowest BCUT2D eigenvalue weighted by atomic mass is 10.1. The van der Waals surface area contributed by atoms with Gasteiger partial charge in [0, 0.05) is 31.9 Å². The van der Waals surface area contributed by atoms with Gasteiger partial charge in [0.15, 0.2) is 0 Å². The van der Waals surface area contributed by atoms with Crippen LogP contribution in [0.15, 0.2) is 48.5 Å². The molecule has 0 bridgehead atoms. The molecule has 1 aliphatic rings. The number of nitrogens with zero attached hydrogens (tertiary/aromatic N) is 4. The Morgan fingerprint density at radius 1 is 0.935 bits per heavy atom. The number of para-hydroxylation sites is 1. The molecular weight excluding hydrogens is 386 g/mol. The van der Waals surface area contributed by atoms with Gasteiger partial charge in [-0.3, -0.25) is 9.69 Å². The molecule has 1 amide bonds. The Morgan fingerprint density at radius 3 is 2.35 bits per heavy atom. The van der Waals surface area contributed by atoms with E-state index in [1.165, 1.54) is 11.3 Å². The lowest BCUT2D eigenvalue weighted by Gasteiger charge is -2.35. The predicted octanol–water partition coefficient (Wildman–Crippen LogP) is 3.87. The number of carbonyl (C=O) groups is 1. The molecule has 6 heteroatoms. The van der Waals surface area contributed by atoms with E-state index in [1.54, 1.807) is 0 Å². The quantitative estimate of drug-likeness (QED) is 0.685. The minimum atomic E-state index is 0.0476. The smallest absolute Gasteiger partial charge is 0.238 e. The van der Waals surface area contributed by atoms with Crippen molar-refractivity contribution >= 4 is 17.3 Å². The van der Waals surface area contributed by atoms with Gasteiger partial charge in [0.2, 0.25) is 5.91 Å². The molecule has 0 aliphatic carbocycles. The Labute approximate surface area is 184 Å². The third kappa shape index (κ3) is 4.49. The van der Waals surface area contributed by atoms with E-state index in [4.69, 9.17) is 5.10 Å². The summed E-state index contributed by atoms with van der Waals surface area (Å²) in [5.74, 6) is 0.0476. The van der Waals surface area contributed by atoms with Gasteiger partial charge in [0.05, 0.1) is 29.3 Å². The first kappa shape index (κ1) is 21.1. The summed E-state index contributed by atoms with van der Waals surface area (Å²) in [7, 11) is 0. The highest BCUT2D eigenvalue weighted by molar-refractivity contribution is 5.93. The largest absolute Gasteiger partial charge is 0.366 e. The molecule has 0 saturated carbocycles. The van der Waals surface area contributed by atoms with Crippen molar-refractivity contribution in [2.45, 2.75) is 27.7 Å². The molecule has 4 rings (SSSR count). The molecule has 0 atom stereocenters. The zero-order valence-electron chi connectivity index (χ0n) is 18.9. The number of aromatic nitrogens is 2. The fraction of sp³-hybridized carbons (Fsp3) is 0.360. The molecule has 0 unspecified atom stereocenters. The molecule has 0 spiro atoms. The zero-order valence-corrected chi connectivity index (χ0v) is 18.9. The van der Waals surface area contributed by atoms with Gasteiger partial charge in [0.1, 0.15) is 0 Å². The van der Waals surface area contributed by atoms with Crippen LogP contribution in [0.2, 0.25) is 0 Å². The number of piperazine rings is 1. The molecule has 162 valence electrons. The van der Waals surface area contributed by atoms with E-state index >= 15 is 0 Å². The van der Waals surface area contributed by atoms with Crippen molar-refractivity contribution in [2.75, 3.05) is 42.9 Å². The number of rotatable bonds is 5. The summed E-state index contributed by atoms with van der Waals surface area (Å²) >= 11 is 0. The van der Waals surface area contributed by atoms with Crippen LogP contribution in [0, 0.1) is 27.7 Å². The van der Waals surface area contributed by atoms with Gasteiger partial charge in [-0.1, -0.05) is 30.3 Å². The summed E-state index contributed by atoms with van der Waals surface area (Å²) in [4.78, 5) is 17.2. The van der Waals surface area contributed by atoms with Gasteiger partial charge >= 0.3 is 0 Å². The van der Waals surface area contributed by atoms with Crippen LogP contribution in [-0.4, -0.2) is 53.3 Å². The summed E-state index contributed by atoms with van der Waals surface area (Å²) in [6.45, 7) is 12.2. The van der Waals surface area contributed by atoms with Crippen molar-refractivity contribution < 1.29 is 4.79 Å². The lowest BCUT2D eigenvalue weighted by Crippen LogP contribution is -2.49. The minimum absolute atomic E-state index is 0.0476. The Morgan fingerprint density at radius 2 is 1.65 bits per heavy atom. The first-order valence-corrected chi connectivity index (χ1v) is 10.9. The molecule has 1 saturated heterocycles. The van der Waals surface area contributed by atoms with Gasteiger partial charge in [0.25, 0.3) is 0 Å². The third-order valence-corrected chi connectivity index (χ3v) is 6.19. The molecule has 3 aromatic rings. The van der Waals surface area contributed by atoms with Gasteiger partial charge in [-0.15, -0.1) is 0 Å². The fourth-order valence-corrected chi connectivity index (χ4v) is 4.32. The van der Waals surface area contributed by atoms with Crippen LogP contribution in [0.3, 0.4) is 0 Å². The van der Waals surface area contributed by atoms with E-state index in [0.717, 1.165) is 54.5 Å². The Bertz CT molecular complexity index is 1070. The molecule has 2 aromatic carbocycles. The number of anilines is 2. The summed E-state index contributed by atoms with van der Waals surface area (Å²) in [5, 5.41) is 7.86. The molecule has 1 fully saturated rings. The molecule has 31 heavy (non-hydrogen) atoms. The average Bonchev–Trinajstić information content (AvgIpc) is 3.07. The second kappa shape index (κ2) is 8.94. The van der Waals surface area contributed by atoms with E-state index in [1.807, 2.05) is 41.9 Å². The predicted molar refractivity (Wildman–Crippen MR) is 126 cm³/mol. The number of amides is 1. The monoisotopic (exact) mass is 417 g/mol. The third-order valence-electron chi connectivity index (χ3n) is 6.19. The number of carbonyl (C=O) groups excluding carboxylic acids is 1. The first-order valence-electron chi connectivity index (χ1n) is 10.9.